The van der Waals surface area contributed by atoms with Gasteiger partial charge in [0.15, 0.2) is 0 Å². The van der Waals surface area contributed by atoms with Gasteiger partial charge in [0.1, 0.15) is 5.60 Å². The van der Waals surface area contributed by atoms with Gasteiger partial charge < -0.3 is 14.6 Å². The van der Waals surface area contributed by atoms with Crippen molar-refractivity contribution in [2.24, 2.45) is 5.92 Å². The molecular formula is C12H20O5. The molecule has 0 aromatic rings. The first-order chi connectivity index (χ1) is 7.78. The van der Waals surface area contributed by atoms with Gasteiger partial charge in [-0.15, -0.1) is 0 Å². The number of hydrogen-bond acceptors (Lipinski definition) is 4. The summed E-state index contributed by atoms with van der Waals surface area (Å²) in [6.07, 6.45) is 1.15. The number of ether oxygens (including phenoxy) is 2. The van der Waals surface area contributed by atoms with Gasteiger partial charge >= 0.3 is 11.9 Å². The minimum absolute atomic E-state index is 0.136. The summed E-state index contributed by atoms with van der Waals surface area (Å²) in [6, 6.07) is 0. The monoisotopic (exact) mass is 244 g/mol. The van der Waals surface area contributed by atoms with Crippen molar-refractivity contribution in [1.82, 2.24) is 0 Å². The summed E-state index contributed by atoms with van der Waals surface area (Å²) in [5, 5.41) is 8.79. The van der Waals surface area contributed by atoms with E-state index in [1.165, 1.54) is 0 Å². The molecule has 1 heterocycles. The Morgan fingerprint density at radius 3 is 2.53 bits per heavy atom. The van der Waals surface area contributed by atoms with Gasteiger partial charge in [-0.1, -0.05) is 0 Å². The van der Waals surface area contributed by atoms with Crippen LogP contribution in [0.2, 0.25) is 0 Å². The van der Waals surface area contributed by atoms with E-state index in [0.717, 1.165) is 0 Å². The summed E-state index contributed by atoms with van der Waals surface area (Å²) in [6.45, 7) is 5.70. The predicted molar refractivity (Wildman–Crippen MR) is 60.6 cm³/mol. The van der Waals surface area contributed by atoms with E-state index in [-0.39, 0.29) is 25.1 Å². The maximum atomic E-state index is 11.4. The lowest BCUT2D eigenvalue weighted by Gasteiger charge is -2.20. The minimum atomic E-state index is -0.829. The van der Waals surface area contributed by atoms with Crippen molar-refractivity contribution in [3.63, 3.8) is 0 Å². The molecule has 5 heteroatoms. The van der Waals surface area contributed by atoms with Crippen molar-refractivity contribution in [2.45, 2.75) is 51.7 Å². The second kappa shape index (κ2) is 5.49. The Morgan fingerprint density at radius 2 is 2.06 bits per heavy atom. The molecule has 0 aromatic carbocycles. The Kier molecular flexibility index (Phi) is 4.51. The number of hydrogen-bond donors (Lipinski definition) is 1. The second-order valence-electron chi connectivity index (χ2n) is 5.35. The standard InChI is InChI=1S/C12H20O5/c1-12(2,3)17-10(13)5-4-9-6-8(7-16-9)11(14)15/h8-9H,4-7H2,1-3H3,(H,14,15)/t8-,9+/m0/s1. The maximum Gasteiger partial charge on any atom is 0.308 e. The molecule has 0 amide bonds. The zero-order valence-electron chi connectivity index (χ0n) is 10.6. The molecule has 0 saturated carbocycles. The van der Waals surface area contributed by atoms with Crippen LogP contribution < -0.4 is 0 Å². The summed E-state index contributed by atoms with van der Waals surface area (Å²) < 4.78 is 10.5. The summed E-state index contributed by atoms with van der Waals surface area (Å²) in [5.41, 5.74) is -0.475. The fourth-order valence-electron chi connectivity index (χ4n) is 1.75. The van der Waals surface area contributed by atoms with Gasteiger partial charge in [-0.05, 0) is 33.6 Å². The first-order valence-electron chi connectivity index (χ1n) is 5.84. The number of esters is 1. The van der Waals surface area contributed by atoms with Crippen LogP contribution in [-0.2, 0) is 19.1 Å². The van der Waals surface area contributed by atoms with E-state index >= 15 is 0 Å². The Morgan fingerprint density at radius 1 is 1.41 bits per heavy atom. The van der Waals surface area contributed by atoms with Crippen molar-refractivity contribution in [3.05, 3.63) is 0 Å². The summed E-state index contributed by atoms with van der Waals surface area (Å²) >= 11 is 0. The number of carbonyl (C=O) groups excluding carboxylic acids is 1. The van der Waals surface area contributed by atoms with Gasteiger partial charge in [-0.3, -0.25) is 9.59 Å². The largest absolute Gasteiger partial charge is 0.481 e. The Labute approximate surface area is 101 Å². The smallest absolute Gasteiger partial charge is 0.308 e. The maximum absolute atomic E-state index is 11.4. The molecule has 98 valence electrons. The van der Waals surface area contributed by atoms with Crippen LogP contribution in [0.15, 0.2) is 0 Å². The van der Waals surface area contributed by atoms with Crippen molar-refractivity contribution in [3.8, 4) is 0 Å². The summed E-state index contributed by atoms with van der Waals surface area (Å²) in [7, 11) is 0. The van der Waals surface area contributed by atoms with Crippen LogP contribution in [0.25, 0.3) is 0 Å². The highest BCUT2D eigenvalue weighted by Crippen LogP contribution is 2.23. The average Bonchev–Trinajstić information content (AvgIpc) is 2.60. The minimum Gasteiger partial charge on any atom is -0.481 e. The van der Waals surface area contributed by atoms with Gasteiger partial charge in [-0.25, -0.2) is 0 Å². The molecule has 1 fully saturated rings. The Hall–Kier alpha value is -1.10. The number of carboxylic acid groups (broad SMARTS) is 1. The number of carboxylic acids is 1. The van der Waals surface area contributed by atoms with Crippen LogP contribution in [0.1, 0.15) is 40.0 Å². The first-order valence-corrected chi connectivity index (χ1v) is 5.84. The normalized spacial score (nSPS) is 24.6. The molecule has 0 bridgehead atoms. The predicted octanol–water partition coefficient (Wildman–Crippen LogP) is 1.60. The van der Waals surface area contributed by atoms with E-state index in [1.54, 1.807) is 0 Å². The zero-order chi connectivity index (χ0) is 13.1. The van der Waals surface area contributed by atoms with Gasteiger partial charge in [0.2, 0.25) is 0 Å². The van der Waals surface area contributed by atoms with Gasteiger partial charge in [0.05, 0.1) is 18.6 Å². The average molecular weight is 244 g/mol. The lowest BCUT2D eigenvalue weighted by Crippen LogP contribution is -2.24. The van der Waals surface area contributed by atoms with Crippen LogP contribution >= 0.6 is 0 Å². The van der Waals surface area contributed by atoms with Crippen LogP contribution in [0.3, 0.4) is 0 Å². The molecule has 0 unspecified atom stereocenters. The fourth-order valence-corrected chi connectivity index (χ4v) is 1.75. The number of rotatable bonds is 4. The van der Waals surface area contributed by atoms with Crippen LogP contribution in [0.4, 0.5) is 0 Å². The number of aliphatic carboxylic acids is 1. The van der Waals surface area contributed by atoms with E-state index in [1.807, 2.05) is 20.8 Å². The Balaban J connectivity index is 2.24. The summed E-state index contributed by atoms with van der Waals surface area (Å²) in [4.78, 5) is 22.1. The molecule has 5 nitrogen and oxygen atoms in total. The van der Waals surface area contributed by atoms with Crippen molar-refractivity contribution >= 4 is 11.9 Å². The van der Waals surface area contributed by atoms with E-state index in [4.69, 9.17) is 14.6 Å². The highest BCUT2D eigenvalue weighted by atomic mass is 16.6. The molecule has 1 rings (SSSR count). The Bertz CT molecular complexity index is 292. The van der Waals surface area contributed by atoms with Gasteiger partial charge in [-0.2, -0.15) is 0 Å². The molecule has 17 heavy (non-hydrogen) atoms. The molecule has 1 aliphatic rings. The molecule has 1 saturated heterocycles. The lowest BCUT2D eigenvalue weighted by molar-refractivity contribution is -0.155. The zero-order valence-corrected chi connectivity index (χ0v) is 10.6. The SMILES string of the molecule is CC(C)(C)OC(=O)CC[C@@H]1C[C@H](C(=O)O)CO1. The quantitative estimate of drug-likeness (QED) is 0.760. The molecule has 1 aliphatic heterocycles. The van der Waals surface area contributed by atoms with E-state index < -0.39 is 17.5 Å². The topological polar surface area (TPSA) is 72.8 Å². The third-order valence-electron chi connectivity index (χ3n) is 2.52. The van der Waals surface area contributed by atoms with Crippen LogP contribution in [0.5, 0.6) is 0 Å². The number of carbonyl (C=O) groups is 2. The highest BCUT2D eigenvalue weighted by molar-refractivity contribution is 5.71. The van der Waals surface area contributed by atoms with Gasteiger partial charge in [0, 0.05) is 6.42 Å². The molecule has 0 aromatic heterocycles. The van der Waals surface area contributed by atoms with E-state index in [0.29, 0.717) is 12.8 Å². The molecule has 0 radical (unpaired) electrons. The first kappa shape index (κ1) is 14.0. The third kappa shape index (κ3) is 5.17. The summed E-state index contributed by atoms with van der Waals surface area (Å²) in [5.74, 6) is -1.52. The third-order valence-corrected chi connectivity index (χ3v) is 2.52. The van der Waals surface area contributed by atoms with Gasteiger partial charge in [0.25, 0.3) is 0 Å². The van der Waals surface area contributed by atoms with Crippen LogP contribution in [0, 0.1) is 5.92 Å². The second-order valence-corrected chi connectivity index (χ2v) is 5.35. The van der Waals surface area contributed by atoms with E-state index in [9.17, 15) is 9.59 Å². The van der Waals surface area contributed by atoms with Crippen molar-refractivity contribution < 1.29 is 24.2 Å². The molecular weight excluding hydrogens is 224 g/mol. The molecule has 0 aliphatic carbocycles. The lowest BCUT2D eigenvalue weighted by atomic mass is 10.0. The molecule has 0 spiro atoms. The van der Waals surface area contributed by atoms with E-state index in [2.05, 4.69) is 0 Å². The van der Waals surface area contributed by atoms with Crippen molar-refractivity contribution in [2.75, 3.05) is 6.61 Å². The van der Waals surface area contributed by atoms with Crippen LogP contribution in [-0.4, -0.2) is 35.4 Å². The van der Waals surface area contributed by atoms with Crippen molar-refractivity contribution in [1.29, 1.82) is 0 Å². The molecule has 2 atom stereocenters. The molecule has 1 N–H and O–H groups in total. The highest BCUT2D eigenvalue weighted by Gasteiger charge is 2.31. The fraction of sp³-hybridized carbons (Fsp3) is 0.833.